The number of nitrogens with zero attached hydrogens (tertiary/aromatic N) is 1. The highest BCUT2D eigenvalue weighted by Gasteiger charge is 2.10. The molecule has 4 heteroatoms. The molecule has 0 aliphatic heterocycles. The highest BCUT2D eigenvalue weighted by Crippen LogP contribution is 2.25. The first-order valence-corrected chi connectivity index (χ1v) is 6.64. The standard InChI is InChI=1S/C16H13ClFNO/c1-19-9-11(14-6-3-7-15(18)16(14)19)10-20-13-5-2-4-12(17)8-13/h2-9H,10H2,1H3. The van der Waals surface area contributed by atoms with Crippen molar-refractivity contribution in [3.63, 3.8) is 0 Å². The van der Waals surface area contributed by atoms with Gasteiger partial charge in [0.25, 0.3) is 0 Å². The summed E-state index contributed by atoms with van der Waals surface area (Å²) in [6.45, 7) is 0.376. The highest BCUT2D eigenvalue weighted by atomic mass is 35.5. The van der Waals surface area contributed by atoms with Crippen LogP contribution in [0.15, 0.2) is 48.7 Å². The molecule has 102 valence electrons. The SMILES string of the molecule is Cn1cc(COc2cccc(Cl)c2)c2cccc(F)c21. The van der Waals surface area contributed by atoms with Crippen LogP contribution in [0.25, 0.3) is 10.9 Å². The Hall–Kier alpha value is -2.00. The second kappa shape index (κ2) is 5.17. The molecule has 2 nitrogen and oxygen atoms in total. The van der Waals surface area contributed by atoms with Crippen molar-refractivity contribution >= 4 is 22.5 Å². The van der Waals surface area contributed by atoms with E-state index in [2.05, 4.69) is 0 Å². The molecule has 0 unspecified atom stereocenters. The third-order valence-electron chi connectivity index (χ3n) is 3.23. The fourth-order valence-electron chi connectivity index (χ4n) is 2.33. The minimum absolute atomic E-state index is 0.223. The van der Waals surface area contributed by atoms with Crippen LogP contribution >= 0.6 is 11.6 Å². The zero-order valence-corrected chi connectivity index (χ0v) is 11.7. The van der Waals surface area contributed by atoms with E-state index in [1.807, 2.05) is 31.4 Å². The van der Waals surface area contributed by atoms with Crippen molar-refractivity contribution in [2.24, 2.45) is 7.05 Å². The molecule has 0 fully saturated rings. The molecule has 0 atom stereocenters. The number of aromatic nitrogens is 1. The Balaban J connectivity index is 1.90. The number of ether oxygens (including phenoxy) is 1. The number of hydrogen-bond donors (Lipinski definition) is 0. The van der Waals surface area contributed by atoms with Gasteiger partial charge in [0.1, 0.15) is 18.2 Å². The van der Waals surface area contributed by atoms with E-state index in [1.54, 1.807) is 22.8 Å². The van der Waals surface area contributed by atoms with Crippen molar-refractivity contribution in [1.82, 2.24) is 4.57 Å². The molecule has 3 aromatic rings. The molecule has 20 heavy (non-hydrogen) atoms. The molecule has 2 aromatic carbocycles. The average Bonchev–Trinajstić information content (AvgIpc) is 2.75. The van der Waals surface area contributed by atoms with Crippen LogP contribution < -0.4 is 4.74 Å². The number of benzene rings is 2. The van der Waals surface area contributed by atoms with E-state index >= 15 is 0 Å². The lowest BCUT2D eigenvalue weighted by Gasteiger charge is -2.05. The van der Waals surface area contributed by atoms with E-state index in [-0.39, 0.29) is 5.82 Å². The second-order valence-electron chi connectivity index (χ2n) is 4.65. The summed E-state index contributed by atoms with van der Waals surface area (Å²) in [5, 5.41) is 1.50. The van der Waals surface area contributed by atoms with Gasteiger partial charge in [-0.1, -0.05) is 29.8 Å². The van der Waals surface area contributed by atoms with Gasteiger partial charge in [0, 0.05) is 29.2 Å². The van der Waals surface area contributed by atoms with E-state index in [0.717, 1.165) is 10.9 Å². The van der Waals surface area contributed by atoms with E-state index in [0.29, 0.717) is 22.9 Å². The van der Waals surface area contributed by atoms with Gasteiger partial charge in [-0.25, -0.2) is 4.39 Å². The molecule has 0 N–H and O–H groups in total. The average molecular weight is 290 g/mol. The Kier molecular flexibility index (Phi) is 3.36. The molecule has 3 rings (SSSR count). The van der Waals surface area contributed by atoms with Gasteiger partial charge in [-0.15, -0.1) is 0 Å². The van der Waals surface area contributed by atoms with E-state index in [4.69, 9.17) is 16.3 Å². The lowest BCUT2D eigenvalue weighted by Crippen LogP contribution is -1.94. The zero-order valence-electron chi connectivity index (χ0n) is 10.9. The summed E-state index contributed by atoms with van der Waals surface area (Å²) in [5.41, 5.74) is 1.54. The van der Waals surface area contributed by atoms with E-state index in [9.17, 15) is 4.39 Å². The number of fused-ring (bicyclic) bond motifs is 1. The molecule has 0 aliphatic carbocycles. The zero-order chi connectivity index (χ0) is 14.1. The molecule has 0 bridgehead atoms. The molecule has 0 saturated heterocycles. The van der Waals surface area contributed by atoms with Crippen molar-refractivity contribution < 1.29 is 9.13 Å². The number of rotatable bonds is 3. The number of hydrogen-bond acceptors (Lipinski definition) is 1. The molecule has 0 radical (unpaired) electrons. The number of aryl methyl sites for hydroxylation is 1. The summed E-state index contributed by atoms with van der Waals surface area (Å²) in [6, 6.07) is 12.3. The van der Waals surface area contributed by atoms with Crippen molar-refractivity contribution in [1.29, 1.82) is 0 Å². The minimum atomic E-state index is -0.223. The fourth-order valence-corrected chi connectivity index (χ4v) is 2.51. The molecular weight excluding hydrogens is 277 g/mol. The lowest BCUT2D eigenvalue weighted by molar-refractivity contribution is 0.307. The van der Waals surface area contributed by atoms with Crippen LogP contribution in [0.2, 0.25) is 5.02 Å². The first-order valence-electron chi connectivity index (χ1n) is 6.26. The molecule has 1 heterocycles. The maximum Gasteiger partial charge on any atom is 0.147 e. The van der Waals surface area contributed by atoms with E-state index in [1.165, 1.54) is 6.07 Å². The van der Waals surface area contributed by atoms with Gasteiger partial charge < -0.3 is 9.30 Å². The molecule has 0 saturated carbocycles. The van der Waals surface area contributed by atoms with Crippen LogP contribution in [-0.2, 0) is 13.7 Å². The normalized spacial score (nSPS) is 10.9. The van der Waals surface area contributed by atoms with Crippen molar-refractivity contribution in [2.75, 3.05) is 0 Å². The maximum absolute atomic E-state index is 13.8. The van der Waals surface area contributed by atoms with Crippen LogP contribution in [0.5, 0.6) is 5.75 Å². The molecule has 0 amide bonds. The Morgan fingerprint density at radius 1 is 1.20 bits per heavy atom. The van der Waals surface area contributed by atoms with Crippen LogP contribution in [0, 0.1) is 5.82 Å². The Morgan fingerprint density at radius 3 is 2.80 bits per heavy atom. The summed E-state index contributed by atoms with van der Waals surface area (Å²) >= 11 is 5.91. The van der Waals surface area contributed by atoms with Crippen LogP contribution in [0.4, 0.5) is 4.39 Å². The molecular formula is C16H13ClFNO. The van der Waals surface area contributed by atoms with Gasteiger partial charge >= 0.3 is 0 Å². The summed E-state index contributed by atoms with van der Waals surface area (Å²) in [4.78, 5) is 0. The Bertz CT molecular complexity index is 766. The van der Waals surface area contributed by atoms with Crippen LogP contribution in [-0.4, -0.2) is 4.57 Å². The largest absolute Gasteiger partial charge is 0.489 e. The van der Waals surface area contributed by atoms with Crippen LogP contribution in [0.3, 0.4) is 0 Å². The topological polar surface area (TPSA) is 14.2 Å². The summed E-state index contributed by atoms with van der Waals surface area (Å²) in [5.74, 6) is 0.477. The van der Waals surface area contributed by atoms with E-state index < -0.39 is 0 Å². The van der Waals surface area contributed by atoms with Gasteiger partial charge in [-0.2, -0.15) is 0 Å². The van der Waals surface area contributed by atoms with Gasteiger partial charge in [-0.05, 0) is 24.3 Å². The van der Waals surface area contributed by atoms with Crippen molar-refractivity contribution in [3.05, 3.63) is 65.1 Å². The van der Waals surface area contributed by atoms with Gasteiger partial charge in [0.2, 0.25) is 0 Å². The first kappa shape index (κ1) is 13.0. The molecule has 0 aliphatic rings. The third-order valence-corrected chi connectivity index (χ3v) is 3.46. The smallest absolute Gasteiger partial charge is 0.147 e. The highest BCUT2D eigenvalue weighted by molar-refractivity contribution is 6.30. The number of para-hydroxylation sites is 1. The summed E-state index contributed by atoms with van der Waals surface area (Å²) < 4.78 is 21.3. The van der Waals surface area contributed by atoms with Gasteiger partial charge in [-0.3, -0.25) is 0 Å². The predicted molar refractivity (Wildman–Crippen MR) is 78.7 cm³/mol. The monoisotopic (exact) mass is 289 g/mol. The quantitative estimate of drug-likeness (QED) is 0.690. The second-order valence-corrected chi connectivity index (χ2v) is 5.08. The lowest BCUT2D eigenvalue weighted by atomic mass is 10.2. The molecule has 1 aromatic heterocycles. The third kappa shape index (κ3) is 2.37. The summed E-state index contributed by atoms with van der Waals surface area (Å²) in [7, 11) is 1.83. The van der Waals surface area contributed by atoms with Crippen molar-refractivity contribution in [2.45, 2.75) is 6.61 Å². The maximum atomic E-state index is 13.8. The summed E-state index contributed by atoms with van der Waals surface area (Å²) in [6.07, 6.45) is 1.89. The Labute approximate surface area is 121 Å². The molecule has 0 spiro atoms. The van der Waals surface area contributed by atoms with Crippen molar-refractivity contribution in [3.8, 4) is 5.75 Å². The fraction of sp³-hybridized carbons (Fsp3) is 0.125. The van der Waals surface area contributed by atoms with Gasteiger partial charge in [0.05, 0.1) is 5.52 Å². The van der Waals surface area contributed by atoms with Crippen LogP contribution in [0.1, 0.15) is 5.56 Å². The number of halogens is 2. The minimum Gasteiger partial charge on any atom is -0.489 e. The Morgan fingerprint density at radius 2 is 2.00 bits per heavy atom. The van der Waals surface area contributed by atoms with Gasteiger partial charge in [0.15, 0.2) is 0 Å². The first-order chi connectivity index (χ1) is 9.65. The predicted octanol–water partition coefficient (Wildman–Crippen LogP) is 4.55.